The van der Waals surface area contributed by atoms with Crippen LogP contribution in [-0.4, -0.2) is 16.3 Å². The van der Waals surface area contributed by atoms with Crippen molar-refractivity contribution in [2.24, 2.45) is 5.92 Å². The predicted octanol–water partition coefficient (Wildman–Crippen LogP) is 3.63. The van der Waals surface area contributed by atoms with Crippen molar-refractivity contribution < 1.29 is 8.78 Å². The van der Waals surface area contributed by atoms with E-state index in [-0.39, 0.29) is 0 Å². The average molecular weight is 293 g/mol. The molecule has 0 N–H and O–H groups in total. The Morgan fingerprint density at radius 3 is 2.40 bits per heavy atom. The molecular formula is C11H11BrF2S. The minimum absolute atomic E-state index is 0.467. The van der Waals surface area contributed by atoms with Gasteiger partial charge in [0.25, 0.3) is 0 Å². The maximum absolute atomic E-state index is 12.9. The smallest absolute Gasteiger partial charge is 0.126 e. The summed E-state index contributed by atoms with van der Waals surface area (Å²) in [5, 5.41) is 0. The Morgan fingerprint density at radius 1 is 1.20 bits per heavy atom. The molecule has 1 aromatic rings. The summed E-state index contributed by atoms with van der Waals surface area (Å²) < 4.78 is 25.9. The van der Waals surface area contributed by atoms with E-state index in [2.05, 4.69) is 15.9 Å². The van der Waals surface area contributed by atoms with Gasteiger partial charge in [-0.2, -0.15) is 11.8 Å². The number of alkyl halides is 1. The van der Waals surface area contributed by atoms with Crippen LogP contribution in [0.3, 0.4) is 0 Å². The van der Waals surface area contributed by atoms with Gasteiger partial charge in [0, 0.05) is 16.6 Å². The van der Waals surface area contributed by atoms with Crippen molar-refractivity contribution in [3.05, 3.63) is 35.4 Å². The molecule has 2 rings (SSSR count). The first-order valence-electron chi connectivity index (χ1n) is 4.82. The fourth-order valence-electron chi connectivity index (χ4n) is 1.79. The van der Waals surface area contributed by atoms with Gasteiger partial charge in [0.1, 0.15) is 11.6 Å². The van der Waals surface area contributed by atoms with Gasteiger partial charge in [0.15, 0.2) is 0 Å². The zero-order valence-corrected chi connectivity index (χ0v) is 10.5. The zero-order valence-electron chi connectivity index (χ0n) is 8.05. The van der Waals surface area contributed by atoms with Gasteiger partial charge in [-0.3, -0.25) is 0 Å². The van der Waals surface area contributed by atoms with Crippen LogP contribution in [-0.2, 0) is 6.42 Å². The van der Waals surface area contributed by atoms with E-state index in [9.17, 15) is 8.78 Å². The fraction of sp³-hybridized carbons (Fsp3) is 0.455. The van der Waals surface area contributed by atoms with E-state index in [4.69, 9.17) is 0 Å². The zero-order chi connectivity index (χ0) is 10.8. The highest BCUT2D eigenvalue weighted by Crippen LogP contribution is 2.32. The lowest BCUT2D eigenvalue weighted by Crippen LogP contribution is -2.14. The number of hydrogen-bond acceptors (Lipinski definition) is 1. The molecule has 82 valence electrons. The van der Waals surface area contributed by atoms with Gasteiger partial charge < -0.3 is 0 Å². The normalized spacial score (nSPS) is 25.8. The number of benzene rings is 1. The summed E-state index contributed by atoms with van der Waals surface area (Å²) in [6, 6.07) is 3.76. The molecule has 0 aliphatic carbocycles. The molecule has 1 aliphatic heterocycles. The Balaban J connectivity index is 2.10. The SMILES string of the molecule is Fc1cc(F)cc(CC2CSCC2Br)c1. The van der Waals surface area contributed by atoms with Crippen LogP contribution in [0.2, 0.25) is 0 Å². The third-order valence-corrected chi connectivity index (χ3v) is 5.30. The van der Waals surface area contributed by atoms with Gasteiger partial charge in [0.05, 0.1) is 0 Å². The third kappa shape index (κ3) is 2.94. The Hall–Kier alpha value is -0.0900. The van der Waals surface area contributed by atoms with Crippen molar-refractivity contribution in [1.29, 1.82) is 0 Å². The summed E-state index contributed by atoms with van der Waals surface area (Å²) in [6.07, 6.45) is 0.748. The molecule has 1 fully saturated rings. The second kappa shape index (κ2) is 4.83. The maximum atomic E-state index is 12.9. The first-order chi connectivity index (χ1) is 7.15. The van der Waals surface area contributed by atoms with Crippen LogP contribution in [0.4, 0.5) is 8.78 Å². The van der Waals surface area contributed by atoms with Crippen LogP contribution in [0.15, 0.2) is 18.2 Å². The number of halogens is 3. The molecule has 0 spiro atoms. The van der Waals surface area contributed by atoms with Crippen LogP contribution < -0.4 is 0 Å². The lowest BCUT2D eigenvalue weighted by molar-refractivity contribution is 0.567. The van der Waals surface area contributed by atoms with Crippen molar-refractivity contribution in [3.63, 3.8) is 0 Å². The first kappa shape index (κ1) is 11.4. The molecule has 2 unspecified atom stereocenters. The van der Waals surface area contributed by atoms with Gasteiger partial charge in [-0.05, 0) is 35.8 Å². The minimum Gasteiger partial charge on any atom is -0.207 e. The molecule has 0 amide bonds. The maximum Gasteiger partial charge on any atom is 0.126 e. The molecule has 4 heteroatoms. The molecule has 0 nitrogen and oxygen atoms in total. The van der Waals surface area contributed by atoms with Gasteiger partial charge >= 0.3 is 0 Å². The molecule has 15 heavy (non-hydrogen) atoms. The van der Waals surface area contributed by atoms with E-state index < -0.39 is 11.6 Å². The van der Waals surface area contributed by atoms with Crippen molar-refractivity contribution in [2.75, 3.05) is 11.5 Å². The summed E-state index contributed by atoms with van der Waals surface area (Å²) >= 11 is 5.47. The molecule has 1 aromatic carbocycles. The lowest BCUT2D eigenvalue weighted by atomic mass is 9.99. The minimum atomic E-state index is -0.484. The van der Waals surface area contributed by atoms with E-state index in [1.165, 1.54) is 12.1 Å². The van der Waals surface area contributed by atoms with Crippen LogP contribution in [0, 0.1) is 17.6 Å². The Morgan fingerprint density at radius 2 is 1.87 bits per heavy atom. The van der Waals surface area contributed by atoms with Crippen molar-refractivity contribution >= 4 is 27.7 Å². The first-order valence-corrected chi connectivity index (χ1v) is 6.89. The Labute approximate surface area is 101 Å². The third-order valence-electron chi connectivity index (χ3n) is 2.54. The summed E-state index contributed by atoms with van der Waals surface area (Å²) in [4.78, 5) is 0.467. The highest BCUT2D eigenvalue weighted by atomic mass is 79.9. The van der Waals surface area contributed by atoms with Crippen molar-refractivity contribution in [1.82, 2.24) is 0 Å². The molecule has 1 heterocycles. The largest absolute Gasteiger partial charge is 0.207 e. The lowest BCUT2D eigenvalue weighted by Gasteiger charge is -2.12. The highest BCUT2D eigenvalue weighted by Gasteiger charge is 2.25. The van der Waals surface area contributed by atoms with Crippen LogP contribution in [0.1, 0.15) is 5.56 Å². The van der Waals surface area contributed by atoms with E-state index in [0.29, 0.717) is 10.7 Å². The second-order valence-electron chi connectivity index (χ2n) is 3.80. The second-order valence-corrected chi connectivity index (χ2v) is 6.05. The Kier molecular flexibility index (Phi) is 3.67. The molecule has 0 saturated carbocycles. The number of rotatable bonds is 2. The van der Waals surface area contributed by atoms with E-state index in [1.54, 1.807) is 0 Å². The van der Waals surface area contributed by atoms with Gasteiger partial charge in [-0.25, -0.2) is 8.78 Å². The van der Waals surface area contributed by atoms with Crippen molar-refractivity contribution in [2.45, 2.75) is 11.2 Å². The van der Waals surface area contributed by atoms with Crippen molar-refractivity contribution in [3.8, 4) is 0 Å². The van der Waals surface area contributed by atoms with Crippen LogP contribution >= 0.6 is 27.7 Å². The van der Waals surface area contributed by atoms with Crippen LogP contribution in [0.5, 0.6) is 0 Å². The fourth-order valence-corrected chi connectivity index (χ4v) is 4.26. The molecular weight excluding hydrogens is 282 g/mol. The summed E-state index contributed by atoms with van der Waals surface area (Å²) in [5.41, 5.74) is 0.754. The molecule has 1 saturated heterocycles. The summed E-state index contributed by atoms with van der Waals surface area (Å²) in [5.74, 6) is 1.66. The molecule has 0 aromatic heterocycles. The van der Waals surface area contributed by atoms with E-state index >= 15 is 0 Å². The Bertz CT molecular complexity index is 336. The summed E-state index contributed by atoms with van der Waals surface area (Å²) in [7, 11) is 0. The van der Waals surface area contributed by atoms with Gasteiger partial charge in [0.2, 0.25) is 0 Å². The predicted molar refractivity (Wildman–Crippen MR) is 63.6 cm³/mol. The number of hydrogen-bond donors (Lipinski definition) is 0. The average Bonchev–Trinajstić information content (AvgIpc) is 2.50. The molecule has 1 aliphatic rings. The van der Waals surface area contributed by atoms with E-state index in [1.807, 2.05) is 11.8 Å². The molecule has 2 atom stereocenters. The van der Waals surface area contributed by atoms with Gasteiger partial charge in [-0.1, -0.05) is 15.9 Å². The van der Waals surface area contributed by atoms with Crippen LogP contribution in [0.25, 0.3) is 0 Å². The quantitative estimate of drug-likeness (QED) is 0.750. The van der Waals surface area contributed by atoms with E-state index in [0.717, 1.165) is 29.6 Å². The molecule has 0 radical (unpaired) electrons. The summed E-state index contributed by atoms with van der Waals surface area (Å²) in [6.45, 7) is 0. The standard InChI is InChI=1S/C11H11BrF2S/c12-11-6-15-5-8(11)1-7-2-9(13)4-10(14)3-7/h2-4,8,11H,1,5-6H2. The number of thioether (sulfide) groups is 1. The van der Waals surface area contributed by atoms with Gasteiger partial charge in [-0.15, -0.1) is 0 Å². The highest BCUT2D eigenvalue weighted by molar-refractivity contribution is 9.09. The monoisotopic (exact) mass is 292 g/mol. The molecule has 0 bridgehead atoms. The topological polar surface area (TPSA) is 0 Å².